The lowest BCUT2D eigenvalue weighted by Crippen LogP contribution is -2.41. The molecule has 1 aliphatic rings. The molecule has 0 unspecified atom stereocenters. The van der Waals surface area contributed by atoms with Crippen LogP contribution in [0.2, 0.25) is 0 Å². The zero-order valence-electron chi connectivity index (χ0n) is 16.8. The highest BCUT2D eigenvalue weighted by molar-refractivity contribution is 7.89. The predicted octanol–water partition coefficient (Wildman–Crippen LogP) is 1.68. The van der Waals surface area contributed by atoms with Gasteiger partial charge < -0.3 is 9.64 Å². The maximum Gasteiger partial charge on any atom is 0.309 e. The summed E-state index contributed by atoms with van der Waals surface area (Å²) in [6, 6.07) is 12.6. The molecular formula is C21H25N3O5S. The second-order valence-corrected chi connectivity index (χ2v) is 9.15. The number of hydrogen-bond acceptors (Lipinski definition) is 6. The maximum atomic E-state index is 12.6. The number of benzene rings is 1. The highest BCUT2D eigenvalue weighted by atomic mass is 32.2. The van der Waals surface area contributed by atoms with E-state index in [1.54, 1.807) is 13.1 Å². The van der Waals surface area contributed by atoms with Crippen LogP contribution < -0.4 is 0 Å². The summed E-state index contributed by atoms with van der Waals surface area (Å²) in [6.45, 7) is 0.551. The first-order chi connectivity index (χ1) is 14.4. The highest BCUT2D eigenvalue weighted by Gasteiger charge is 2.33. The van der Waals surface area contributed by atoms with Crippen molar-refractivity contribution in [1.29, 1.82) is 0 Å². The second-order valence-electron chi connectivity index (χ2n) is 7.21. The van der Waals surface area contributed by atoms with Gasteiger partial charge in [0.25, 0.3) is 5.91 Å². The van der Waals surface area contributed by atoms with Crippen LogP contribution in [0, 0.1) is 5.92 Å². The van der Waals surface area contributed by atoms with Crippen molar-refractivity contribution in [3.8, 4) is 0 Å². The average Bonchev–Trinajstić information content (AvgIpc) is 2.78. The van der Waals surface area contributed by atoms with Gasteiger partial charge in [-0.05, 0) is 30.5 Å². The van der Waals surface area contributed by atoms with E-state index in [0.717, 1.165) is 5.56 Å². The van der Waals surface area contributed by atoms with E-state index in [2.05, 4.69) is 4.98 Å². The number of esters is 1. The Kier molecular flexibility index (Phi) is 7.17. The van der Waals surface area contributed by atoms with Crippen molar-refractivity contribution in [2.24, 2.45) is 5.92 Å². The molecule has 9 heteroatoms. The standard InChI is InChI=1S/C21H25N3O5S/c1-23(15-17-6-3-2-4-7-17)20(25)16-29-21(26)18-9-12-24(13-10-18)30(27,28)19-8-5-11-22-14-19/h2-8,11,14,18H,9-10,12-13,15-16H2,1H3. The summed E-state index contributed by atoms with van der Waals surface area (Å²) < 4.78 is 31.8. The molecule has 1 fully saturated rings. The van der Waals surface area contributed by atoms with Gasteiger partial charge in [-0.15, -0.1) is 0 Å². The maximum absolute atomic E-state index is 12.6. The van der Waals surface area contributed by atoms with Crippen molar-refractivity contribution in [3.05, 3.63) is 60.4 Å². The van der Waals surface area contributed by atoms with E-state index in [-0.39, 0.29) is 30.5 Å². The van der Waals surface area contributed by atoms with E-state index in [0.29, 0.717) is 19.4 Å². The van der Waals surface area contributed by atoms with Crippen molar-refractivity contribution in [2.45, 2.75) is 24.3 Å². The van der Waals surface area contributed by atoms with Gasteiger partial charge in [0.05, 0.1) is 5.92 Å². The summed E-state index contributed by atoms with van der Waals surface area (Å²) in [4.78, 5) is 30.1. The fourth-order valence-corrected chi connectivity index (χ4v) is 4.72. The largest absolute Gasteiger partial charge is 0.455 e. The number of aromatic nitrogens is 1. The van der Waals surface area contributed by atoms with Crippen LogP contribution in [-0.4, -0.2) is 61.2 Å². The van der Waals surface area contributed by atoms with E-state index >= 15 is 0 Å². The zero-order valence-corrected chi connectivity index (χ0v) is 17.6. The molecule has 0 aliphatic carbocycles. The summed E-state index contributed by atoms with van der Waals surface area (Å²) >= 11 is 0. The number of carbonyl (C=O) groups excluding carboxylic acids is 2. The summed E-state index contributed by atoms with van der Waals surface area (Å²) in [5, 5.41) is 0. The summed E-state index contributed by atoms with van der Waals surface area (Å²) in [6.07, 6.45) is 3.53. The third kappa shape index (κ3) is 5.43. The number of nitrogens with zero attached hydrogens (tertiary/aromatic N) is 3. The van der Waals surface area contributed by atoms with Crippen LogP contribution in [0.15, 0.2) is 59.8 Å². The van der Waals surface area contributed by atoms with Gasteiger partial charge in [0.1, 0.15) is 4.90 Å². The van der Waals surface area contributed by atoms with E-state index in [9.17, 15) is 18.0 Å². The minimum Gasteiger partial charge on any atom is -0.455 e. The molecule has 0 bridgehead atoms. The number of piperidine rings is 1. The topological polar surface area (TPSA) is 96.9 Å². The number of ether oxygens (including phenoxy) is 1. The molecule has 1 aromatic carbocycles. The number of sulfonamides is 1. The molecule has 1 aromatic heterocycles. The Morgan fingerprint density at radius 3 is 2.47 bits per heavy atom. The molecule has 1 aliphatic heterocycles. The number of amides is 1. The molecule has 1 saturated heterocycles. The van der Waals surface area contributed by atoms with Gasteiger partial charge in [-0.25, -0.2) is 8.42 Å². The first-order valence-corrected chi connectivity index (χ1v) is 11.2. The molecule has 0 N–H and O–H groups in total. The lowest BCUT2D eigenvalue weighted by atomic mass is 9.98. The van der Waals surface area contributed by atoms with Gasteiger partial charge in [0.2, 0.25) is 10.0 Å². The van der Waals surface area contributed by atoms with E-state index in [1.807, 2.05) is 30.3 Å². The Hall–Kier alpha value is -2.78. The fourth-order valence-electron chi connectivity index (χ4n) is 3.29. The number of pyridine rings is 1. The van der Waals surface area contributed by atoms with E-state index in [1.165, 1.54) is 27.7 Å². The van der Waals surface area contributed by atoms with Crippen LogP contribution in [0.25, 0.3) is 0 Å². The number of rotatable bonds is 7. The van der Waals surface area contributed by atoms with Crippen molar-refractivity contribution >= 4 is 21.9 Å². The van der Waals surface area contributed by atoms with Crippen molar-refractivity contribution in [3.63, 3.8) is 0 Å². The molecule has 30 heavy (non-hydrogen) atoms. The highest BCUT2D eigenvalue weighted by Crippen LogP contribution is 2.24. The molecule has 3 rings (SSSR count). The second kappa shape index (κ2) is 9.82. The van der Waals surface area contributed by atoms with Crippen LogP contribution in [0.4, 0.5) is 0 Å². The molecule has 1 amide bonds. The van der Waals surface area contributed by atoms with Gasteiger partial charge in [0, 0.05) is 39.1 Å². The monoisotopic (exact) mass is 431 g/mol. The summed E-state index contributed by atoms with van der Waals surface area (Å²) in [5.41, 5.74) is 0.988. The minimum absolute atomic E-state index is 0.137. The van der Waals surface area contributed by atoms with Crippen molar-refractivity contribution < 1.29 is 22.7 Å². The summed E-state index contributed by atoms with van der Waals surface area (Å²) in [7, 11) is -1.96. The minimum atomic E-state index is -3.62. The number of hydrogen-bond donors (Lipinski definition) is 0. The SMILES string of the molecule is CN(Cc1ccccc1)C(=O)COC(=O)C1CCN(S(=O)(=O)c2cccnc2)CC1. The third-order valence-corrected chi connectivity index (χ3v) is 6.97. The summed E-state index contributed by atoms with van der Waals surface area (Å²) in [5.74, 6) is -1.17. The van der Waals surface area contributed by atoms with Crippen molar-refractivity contribution in [1.82, 2.24) is 14.2 Å². The molecule has 0 saturated carbocycles. The predicted molar refractivity (Wildman–Crippen MR) is 110 cm³/mol. The first-order valence-electron chi connectivity index (χ1n) is 9.72. The lowest BCUT2D eigenvalue weighted by Gasteiger charge is -2.30. The molecule has 2 aromatic rings. The third-order valence-electron chi connectivity index (χ3n) is 5.09. The fraction of sp³-hybridized carbons (Fsp3) is 0.381. The van der Waals surface area contributed by atoms with Gasteiger partial charge in [-0.2, -0.15) is 4.31 Å². The average molecular weight is 432 g/mol. The van der Waals surface area contributed by atoms with Crippen LogP contribution >= 0.6 is 0 Å². The van der Waals surface area contributed by atoms with Crippen LogP contribution in [0.5, 0.6) is 0 Å². The Bertz CT molecular complexity index is 959. The smallest absolute Gasteiger partial charge is 0.309 e. The molecule has 160 valence electrons. The molecule has 0 atom stereocenters. The van der Waals surface area contributed by atoms with Gasteiger partial charge in [0.15, 0.2) is 6.61 Å². The normalized spacial score (nSPS) is 15.5. The zero-order chi connectivity index (χ0) is 21.6. The van der Waals surface area contributed by atoms with Gasteiger partial charge in [-0.1, -0.05) is 30.3 Å². The Morgan fingerprint density at radius 2 is 1.83 bits per heavy atom. The lowest BCUT2D eigenvalue weighted by molar-refractivity contribution is -0.156. The van der Waals surface area contributed by atoms with Crippen LogP contribution in [0.3, 0.4) is 0 Å². The van der Waals surface area contributed by atoms with E-state index in [4.69, 9.17) is 4.74 Å². The molecule has 8 nitrogen and oxygen atoms in total. The Morgan fingerprint density at radius 1 is 1.13 bits per heavy atom. The van der Waals surface area contributed by atoms with E-state index < -0.39 is 21.9 Å². The quantitative estimate of drug-likeness (QED) is 0.619. The number of likely N-dealkylation sites (N-methyl/N-ethyl adjacent to an activating group) is 1. The Balaban J connectivity index is 1.46. The van der Waals surface area contributed by atoms with Crippen molar-refractivity contribution in [2.75, 3.05) is 26.7 Å². The van der Waals surface area contributed by atoms with Gasteiger partial charge >= 0.3 is 5.97 Å². The molecular weight excluding hydrogens is 406 g/mol. The van der Waals surface area contributed by atoms with Gasteiger partial charge in [-0.3, -0.25) is 14.6 Å². The molecule has 0 radical (unpaired) electrons. The van der Waals surface area contributed by atoms with Crippen LogP contribution in [-0.2, 0) is 30.9 Å². The number of carbonyl (C=O) groups is 2. The van der Waals surface area contributed by atoms with Crippen LogP contribution in [0.1, 0.15) is 18.4 Å². The first kappa shape index (κ1) is 21.9. The molecule has 0 spiro atoms. The molecule has 2 heterocycles. The Labute approximate surface area is 176 Å².